The number of nitrogen functional groups attached to an aromatic ring is 1. The minimum atomic E-state index is -0.150. The Morgan fingerprint density at radius 2 is 2.17 bits per heavy atom. The number of rotatable bonds is 5. The summed E-state index contributed by atoms with van der Waals surface area (Å²) >= 11 is 4.85. The minimum absolute atomic E-state index is 0.0525. The van der Waals surface area contributed by atoms with Gasteiger partial charge in [0.25, 0.3) is 0 Å². The molecule has 0 fully saturated rings. The largest absolute Gasteiger partial charge is 0.398 e. The highest BCUT2D eigenvalue weighted by Crippen LogP contribution is 2.30. The monoisotopic (exact) mass is 330 g/mol. The van der Waals surface area contributed by atoms with E-state index in [1.54, 1.807) is 0 Å². The third-order valence-corrected chi connectivity index (χ3v) is 4.33. The van der Waals surface area contributed by atoms with E-state index >= 15 is 0 Å². The predicted molar refractivity (Wildman–Crippen MR) is 81.8 cm³/mol. The maximum Gasteiger partial charge on any atom is 0.233 e. The first kappa shape index (κ1) is 15.4. The van der Waals surface area contributed by atoms with Gasteiger partial charge in [-0.1, -0.05) is 22.9 Å². The van der Waals surface area contributed by atoms with Gasteiger partial charge < -0.3 is 11.1 Å². The maximum absolute atomic E-state index is 11.9. The smallest absolute Gasteiger partial charge is 0.233 e. The fourth-order valence-corrected chi connectivity index (χ4v) is 2.61. The lowest BCUT2D eigenvalue weighted by Gasteiger charge is -2.16. The molecule has 3 N–H and O–H groups in total. The van der Waals surface area contributed by atoms with E-state index in [1.165, 1.54) is 11.8 Å². The molecule has 3 nitrogen and oxygen atoms in total. The van der Waals surface area contributed by atoms with Crippen molar-refractivity contribution in [2.75, 3.05) is 5.73 Å². The lowest BCUT2D eigenvalue weighted by molar-refractivity contribution is -0.120. The molecule has 1 aromatic carbocycles. The number of anilines is 1. The van der Waals surface area contributed by atoms with Gasteiger partial charge in [0, 0.05) is 21.1 Å². The number of thioether (sulfide) groups is 1. The van der Waals surface area contributed by atoms with E-state index in [1.807, 2.05) is 32.0 Å². The standard InChI is InChI=1S/C13H19BrN2OS/c1-4-8(2)16-13(17)9(3)18-12-6-5-10(14)7-11(12)15/h5-9H,4,15H2,1-3H3,(H,16,17). The molecule has 0 heterocycles. The van der Waals surface area contributed by atoms with Crippen LogP contribution in [-0.4, -0.2) is 17.2 Å². The van der Waals surface area contributed by atoms with Crippen molar-refractivity contribution >= 4 is 39.3 Å². The fraction of sp³-hybridized carbons (Fsp3) is 0.462. The molecule has 0 aliphatic carbocycles. The maximum atomic E-state index is 11.9. The van der Waals surface area contributed by atoms with Gasteiger partial charge in [0.2, 0.25) is 5.91 Å². The van der Waals surface area contributed by atoms with Crippen molar-refractivity contribution in [2.45, 2.75) is 43.4 Å². The number of carbonyl (C=O) groups excluding carboxylic acids is 1. The zero-order valence-electron chi connectivity index (χ0n) is 10.9. The van der Waals surface area contributed by atoms with E-state index in [0.29, 0.717) is 5.69 Å². The third-order valence-electron chi connectivity index (χ3n) is 2.65. The second kappa shape index (κ2) is 7.04. The first-order valence-electron chi connectivity index (χ1n) is 5.96. The fourth-order valence-electron chi connectivity index (χ4n) is 1.33. The molecule has 0 bridgehead atoms. The average molecular weight is 331 g/mol. The van der Waals surface area contributed by atoms with E-state index in [4.69, 9.17) is 5.73 Å². The molecule has 0 saturated heterocycles. The summed E-state index contributed by atoms with van der Waals surface area (Å²) in [5, 5.41) is 2.82. The van der Waals surface area contributed by atoms with Crippen molar-refractivity contribution in [3.63, 3.8) is 0 Å². The summed E-state index contributed by atoms with van der Waals surface area (Å²) in [7, 11) is 0. The van der Waals surface area contributed by atoms with Crippen LogP contribution < -0.4 is 11.1 Å². The van der Waals surface area contributed by atoms with E-state index in [-0.39, 0.29) is 17.2 Å². The molecule has 2 unspecified atom stereocenters. The number of amides is 1. The Hall–Kier alpha value is -0.680. The molecule has 1 amide bonds. The highest BCUT2D eigenvalue weighted by atomic mass is 79.9. The van der Waals surface area contributed by atoms with Gasteiger partial charge in [-0.15, -0.1) is 11.8 Å². The van der Waals surface area contributed by atoms with Crippen LogP contribution in [0.5, 0.6) is 0 Å². The highest BCUT2D eigenvalue weighted by Gasteiger charge is 2.16. The summed E-state index contributed by atoms with van der Waals surface area (Å²) in [5.41, 5.74) is 6.61. The van der Waals surface area contributed by atoms with Gasteiger partial charge in [0.05, 0.1) is 5.25 Å². The van der Waals surface area contributed by atoms with Crippen LogP contribution in [-0.2, 0) is 4.79 Å². The summed E-state index contributed by atoms with van der Waals surface area (Å²) in [6.45, 7) is 5.95. The van der Waals surface area contributed by atoms with Crippen molar-refractivity contribution in [1.82, 2.24) is 5.32 Å². The number of benzene rings is 1. The van der Waals surface area contributed by atoms with Crippen molar-refractivity contribution in [2.24, 2.45) is 0 Å². The first-order valence-corrected chi connectivity index (χ1v) is 7.63. The Bertz CT molecular complexity index is 425. The highest BCUT2D eigenvalue weighted by molar-refractivity contribution is 9.10. The van der Waals surface area contributed by atoms with E-state index < -0.39 is 0 Å². The van der Waals surface area contributed by atoms with Crippen molar-refractivity contribution in [3.05, 3.63) is 22.7 Å². The second-order valence-electron chi connectivity index (χ2n) is 4.26. The van der Waals surface area contributed by atoms with Crippen LogP contribution in [0.15, 0.2) is 27.6 Å². The SMILES string of the molecule is CCC(C)NC(=O)C(C)Sc1ccc(Br)cc1N. The van der Waals surface area contributed by atoms with E-state index in [0.717, 1.165) is 15.8 Å². The third kappa shape index (κ3) is 4.53. The van der Waals surface area contributed by atoms with Gasteiger partial charge in [0.1, 0.15) is 0 Å². The van der Waals surface area contributed by atoms with Crippen LogP contribution >= 0.6 is 27.7 Å². The Morgan fingerprint density at radius 3 is 2.72 bits per heavy atom. The summed E-state index contributed by atoms with van der Waals surface area (Å²) in [4.78, 5) is 12.8. The van der Waals surface area contributed by atoms with Crippen LogP contribution in [0.2, 0.25) is 0 Å². The Labute approximate surface area is 121 Å². The zero-order valence-corrected chi connectivity index (χ0v) is 13.3. The molecular weight excluding hydrogens is 312 g/mol. The van der Waals surface area contributed by atoms with Gasteiger partial charge in [-0.3, -0.25) is 4.79 Å². The van der Waals surface area contributed by atoms with E-state index in [9.17, 15) is 4.79 Å². The molecule has 2 atom stereocenters. The van der Waals surface area contributed by atoms with Crippen LogP contribution in [0.1, 0.15) is 27.2 Å². The summed E-state index contributed by atoms with van der Waals surface area (Å²) in [5.74, 6) is 0.0525. The Balaban J connectivity index is 2.63. The quantitative estimate of drug-likeness (QED) is 0.642. The zero-order chi connectivity index (χ0) is 13.7. The summed E-state index contributed by atoms with van der Waals surface area (Å²) in [6, 6.07) is 5.92. The lowest BCUT2D eigenvalue weighted by atomic mass is 10.2. The molecule has 0 saturated carbocycles. The normalized spacial score (nSPS) is 14.0. The van der Waals surface area contributed by atoms with Crippen LogP contribution in [0, 0.1) is 0 Å². The Morgan fingerprint density at radius 1 is 1.50 bits per heavy atom. The Kier molecular flexibility index (Phi) is 6.02. The number of hydrogen-bond donors (Lipinski definition) is 2. The summed E-state index contributed by atoms with van der Waals surface area (Å²) in [6.07, 6.45) is 0.934. The van der Waals surface area contributed by atoms with E-state index in [2.05, 4.69) is 28.2 Å². The number of halogens is 1. The summed E-state index contributed by atoms with van der Waals surface area (Å²) < 4.78 is 0.945. The molecule has 0 aliphatic rings. The van der Waals surface area contributed by atoms with Gasteiger partial charge in [-0.25, -0.2) is 0 Å². The van der Waals surface area contributed by atoms with Gasteiger partial charge in [-0.05, 0) is 38.5 Å². The van der Waals surface area contributed by atoms with Crippen molar-refractivity contribution < 1.29 is 4.79 Å². The molecule has 0 radical (unpaired) electrons. The molecule has 1 rings (SSSR count). The molecule has 100 valence electrons. The molecule has 1 aromatic rings. The molecule has 18 heavy (non-hydrogen) atoms. The average Bonchev–Trinajstić information content (AvgIpc) is 2.32. The second-order valence-corrected chi connectivity index (χ2v) is 6.56. The van der Waals surface area contributed by atoms with Crippen LogP contribution in [0.4, 0.5) is 5.69 Å². The number of carbonyl (C=O) groups is 1. The van der Waals surface area contributed by atoms with Gasteiger partial charge in [0.15, 0.2) is 0 Å². The molecule has 5 heteroatoms. The minimum Gasteiger partial charge on any atom is -0.398 e. The van der Waals surface area contributed by atoms with Crippen LogP contribution in [0.25, 0.3) is 0 Å². The van der Waals surface area contributed by atoms with Gasteiger partial charge in [-0.2, -0.15) is 0 Å². The number of nitrogens with two attached hydrogens (primary N) is 1. The van der Waals surface area contributed by atoms with Crippen molar-refractivity contribution in [3.8, 4) is 0 Å². The van der Waals surface area contributed by atoms with Crippen molar-refractivity contribution in [1.29, 1.82) is 0 Å². The molecule has 0 spiro atoms. The number of hydrogen-bond acceptors (Lipinski definition) is 3. The molecule has 0 aliphatic heterocycles. The number of nitrogens with one attached hydrogen (secondary N) is 1. The lowest BCUT2D eigenvalue weighted by Crippen LogP contribution is -2.37. The molecular formula is C13H19BrN2OS. The first-order chi connectivity index (χ1) is 8.43. The van der Waals surface area contributed by atoms with Gasteiger partial charge >= 0.3 is 0 Å². The van der Waals surface area contributed by atoms with Crippen LogP contribution in [0.3, 0.4) is 0 Å². The molecule has 0 aromatic heterocycles. The topological polar surface area (TPSA) is 55.1 Å². The predicted octanol–water partition coefficient (Wildman–Crippen LogP) is 3.43.